The number of halogens is 1. The Morgan fingerprint density at radius 3 is 3.19 bits per heavy atom. The third-order valence-corrected chi connectivity index (χ3v) is 8.50. The van der Waals surface area contributed by atoms with Crippen molar-refractivity contribution in [3.63, 3.8) is 0 Å². The topological polar surface area (TPSA) is 87.1 Å². The summed E-state index contributed by atoms with van der Waals surface area (Å²) in [6.45, 7) is 3.01. The SMILES string of the molecule is C[C@H]1CCc2c(sc3c2C2NCNN2c2nnc(SCC(=O)Nc4cccc(Cl)c4)n2-3)C1. The highest BCUT2D eigenvalue weighted by molar-refractivity contribution is 7.99. The minimum atomic E-state index is -0.108. The molecule has 1 saturated heterocycles. The van der Waals surface area contributed by atoms with E-state index in [-0.39, 0.29) is 17.8 Å². The van der Waals surface area contributed by atoms with Gasteiger partial charge in [-0.3, -0.25) is 15.1 Å². The fourth-order valence-corrected chi connectivity index (χ4v) is 7.14. The highest BCUT2D eigenvalue weighted by Gasteiger charge is 2.42. The quantitative estimate of drug-likeness (QED) is 0.483. The van der Waals surface area contributed by atoms with Crippen LogP contribution < -0.4 is 21.1 Å². The number of carbonyl (C=O) groups is 1. The van der Waals surface area contributed by atoms with Gasteiger partial charge in [-0.15, -0.1) is 21.5 Å². The zero-order chi connectivity index (χ0) is 21.8. The molecule has 32 heavy (non-hydrogen) atoms. The van der Waals surface area contributed by atoms with Crippen molar-refractivity contribution >= 4 is 52.2 Å². The highest BCUT2D eigenvalue weighted by atomic mass is 35.5. The second-order valence-corrected chi connectivity index (χ2v) is 10.8. The van der Waals surface area contributed by atoms with Gasteiger partial charge in [0.2, 0.25) is 11.9 Å². The van der Waals surface area contributed by atoms with Crippen LogP contribution in [-0.2, 0) is 17.6 Å². The van der Waals surface area contributed by atoms with Gasteiger partial charge < -0.3 is 5.32 Å². The molecule has 0 bridgehead atoms. The zero-order valence-electron chi connectivity index (χ0n) is 17.4. The van der Waals surface area contributed by atoms with E-state index in [1.807, 2.05) is 23.5 Å². The van der Waals surface area contributed by atoms with Gasteiger partial charge in [-0.1, -0.05) is 36.4 Å². The third-order valence-electron chi connectivity index (χ3n) is 6.09. The van der Waals surface area contributed by atoms with Gasteiger partial charge in [-0.2, -0.15) is 0 Å². The standard InChI is InChI=1S/C21H22ClN7OS2/c1-11-5-6-14-15(7-11)32-19-17(14)18-23-10-24-29(18)20-26-27-21(28(19)20)31-9-16(30)25-13-4-2-3-12(22)8-13/h2-4,8,11,18,23-24H,5-7,9-10H2,1H3,(H,25,30)/t11-,18?/m0/s1. The lowest BCUT2D eigenvalue weighted by atomic mass is 9.87. The third kappa shape index (κ3) is 3.41. The van der Waals surface area contributed by atoms with E-state index in [9.17, 15) is 4.79 Å². The van der Waals surface area contributed by atoms with E-state index >= 15 is 0 Å². The highest BCUT2D eigenvalue weighted by Crippen LogP contribution is 2.48. The average molecular weight is 488 g/mol. The van der Waals surface area contributed by atoms with E-state index in [1.54, 1.807) is 12.1 Å². The summed E-state index contributed by atoms with van der Waals surface area (Å²) in [5.74, 6) is 1.59. The van der Waals surface area contributed by atoms with Crippen molar-refractivity contribution in [2.24, 2.45) is 5.92 Å². The number of fused-ring (bicyclic) bond motifs is 8. The first-order chi connectivity index (χ1) is 15.6. The van der Waals surface area contributed by atoms with Gasteiger partial charge in [-0.05, 0) is 48.9 Å². The number of amides is 1. The molecule has 2 aromatic heterocycles. The number of hydrogen-bond acceptors (Lipinski definition) is 8. The van der Waals surface area contributed by atoms with Crippen LogP contribution in [0.4, 0.5) is 11.6 Å². The first-order valence-corrected chi connectivity index (χ1v) is 12.8. The molecule has 1 unspecified atom stereocenters. The van der Waals surface area contributed by atoms with Gasteiger partial charge in [0, 0.05) is 21.2 Å². The molecule has 1 amide bonds. The number of nitrogens with one attached hydrogen (secondary N) is 3. The lowest BCUT2D eigenvalue weighted by molar-refractivity contribution is -0.113. The van der Waals surface area contributed by atoms with E-state index in [0.29, 0.717) is 23.3 Å². The summed E-state index contributed by atoms with van der Waals surface area (Å²) in [6.07, 6.45) is 3.52. The van der Waals surface area contributed by atoms with E-state index in [1.165, 1.54) is 39.2 Å². The van der Waals surface area contributed by atoms with Gasteiger partial charge in [-0.25, -0.2) is 9.99 Å². The Morgan fingerprint density at radius 1 is 1.41 bits per heavy atom. The number of aromatic nitrogens is 3. The lowest BCUT2D eigenvalue weighted by Crippen LogP contribution is -2.39. The Morgan fingerprint density at radius 2 is 2.31 bits per heavy atom. The number of anilines is 2. The molecule has 8 nitrogen and oxygen atoms in total. The molecule has 4 heterocycles. The number of nitrogens with zero attached hydrogens (tertiary/aromatic N) is 4. The second kappa shape index (κ2) is 8.03. The lowest BCUT2D eigenvalue weighted by Gasteiger charge is -2.31. The molecule has 3 aromatic rings. The molecule has 1 aliphatic carbocycles. The number of benzene rings is 1. The summed E-state index contributed by atoms with van der Waals surface area (Å²) in [5.41, 5.74) is 6.87. The molecule has 0 saturated carbocycles. The molecule has 0 radical (unpaired) electrons. The van der Waals surface area contributed by atoms with Crippen molar-refractivity contribution < 1.29 is 4.79 Å². The summed E-state index contributed by atoms with van der Waals surface area (Å²) in [7, 11) is 0. The average Bonchev–Trinajstić information content (AvgIpc) is 3.47. The Balaban J connectivity index is 1.30. The number of rotatable bonds is 4. The van der Waals surface area contributed by atoms with Crippen LogP contribution in [0.15, 0.2) is 29.4 Å². The molecule has 166 valence electrons. The second-order valence-electron chi connectivity index (χ2n) is 8.35. The smallest absolute Gasteiger partial charge is 0.249 e. The van der Waals surface area contributed by atoms with Gasteiger partial charge >= 0.3 is 0 Å². The van der Waals surface area contributed by atoms with Crippen molar-refractivity contribution in [2.45, 2.75) is 37.5 Å². The molecule has 2 atom stereocenters. The van der Waals surface area contributed by atoms with Crippen LogP contribution in [0.3, 0.4) is 0 Å². The minimum absolute atomic E-state index is 0.0686. The van der Waals surface area contributed by atoms with Crippen LogP contribution in [-0.4, -0.2) is 33.1 Å². The van der Waals surface area contributed by atoms with Gasteiger partial charge in [0.15, 0.2) is 5.16 Å². The normalized spacial score (nSPS) is 21.0. The molecule has 1 fully saturated rings. The van der Waals surface area contributed by atoms with Crippen LogP contribution >= 0.6 is 34.7 Å². The molecular formula is C21H22ClN7OS2. The van der Waals surface area contributed by atoms with Crippen LogP contribution in [0.25, 0.3) is 5.00 Å². The molecule has 1 aromatic carbocycles. The number of hydrogen-bond donors (Lipinski definition) is 3. The first kappa shape index (κ1) is 20.5. The van der Waals surface area contributed by atoms with Crippen molar-refractivity contribution in [3.8, 4) is 5.00 Å². The molecule has 2 aliphatic heterocycles. The molecule has 11 heteroatoms. The Bertz CT molecular complexity index is 1210. The fraction of sp³-hybridized carbons (Fsp3) is 0.381. The van der Waals surface area contributed by atoms with E-state index in [2.05, 4.69) is 42.8 Å². The summed E-state index contributed by atoms with van der Waals surface area (Å²) in [4.78, 5) is 14.0. The van der Waals surface area contributed by atoms with Gasteiger partial charge in [0.05, 0.1) is 12.4 Å². The fourth-order valence-electron chi connectivity index (χ4n) is 4.62. The van der Waals surface area contributed by atoms with Crippen LogP contribution in [0.5, 0.6) is 0 Å². The molecule has 6 rings (SSSR count). The maximum absolute atomic E-state index is 12.5. The molecule has 3 aliphatic rings. The first-order valence-electron chi connectivity index (χ1n) is 10.6. The van der Waals surface area contributed by atoms with Crippen LogP contribution in [0.2, 0.25) is 5.02 Å². The summed E-state index contributed by atoms with van der Waals surface area (Å²) in [5, 5.41) is 19.9. The van der Waals surface area contributed by atoms with Gasteiger partial charge in [0.25, 0.3) is 0 Å². The summed E-state index contributed by atoms with van der Waals surface area (Å²) >= 11 is 9.26. The Hall–Kier alpha value is -2.11. The zero-order valence-corrected chi connectivity index (χ0v) is 19.8. The number of thioether (sulfide) groups is 1. The maximum atomic E-state index is 12.5. The largest absolute Gasteiger partial charge is 0.325 e. The number of thiophene rings is 1. The van der Waals surface area contributed by atoms with E-state index in [4.69, 9.17) is 11.6 Å². The summed E-state index contributed by atoms with van der Waals surface area (Å²) in [6, 6.07) is 7.15. The Labute approximate surface area is 198 Å². The predicted octanol–water partition coefficient (Wildman–Crippen LogP) is 3.72. The molecular weight excluding hydrogens is 466 g/mol. The maximum Gasteiger partial charge on any atom is 0.249 e. The monoisotopic (exact) mass is 487 g/mol. The van der Waals surface area contributed by atoms with Crippen molar-refractivity contribution in [1.82, 2.24) is 25.5 Å². The van der Waals surface area contributed by atoms with Crippen LogP contribution in [0, 0.1) is 5.92 Å². The summed E-state index contributed by atoms with van der Waals surface area (Å²) < 4.78 is 2.11. The van der Waals surface area contributed by atoms with Crippen molar-refractivity contribution in [1.29, 1.82) is 0 Å². The Kier molecular flexibility index (Phi) is 5.14. The number of hydrazine groups is 1. The van der Waals surface area contributed by atoms with Crippen molar-refractivity contribution in [3.05, 3.63) is 45.3 Å². The van der Waals surface area contributed by atoms with Crippen LogP contribution in [0.1, 0.15) is 35.5 Å². The molecule has 3 N–H and O–H groups in total. The number of carbonyl (C=O) groups excluding carboxylic acids is 1. The minimum Gasteiger partial charge on any atom is -0.325 e. The van der Waals surface area contributed by atoms with Crippen molar-refractivity contribution in [2.75, 3.05) is 22.7 Å². The predicted molar refractivity (Wildman–Crippen MR) is 128 cm³/mol. The van der Waals surface area contributed by atoms with E-state index < -0.39 is 0 Å². The molecule has 0 spiro atoms. The van der Waals surface area contributed by atoms with E-state index in [0.717, 1.165) is 23.9 Å². The van der Waals surface area contributed by atoms with Gasteiger partial charge in [0.1, 0.15) is 11.2 Å².